The van der Waals surface area contributed by atoms with Crippen LogP contribution in [0.4, 0.5) is 5.69 Å². The van der Waals surface area contributed by atoms with Gasteiger partial charge >= 0.3 is 5.97 Å². The molecule has 0 N–H and O–H groups in total. The third-order valence-electron chi connectivity index (χ3n) is 4.29. The van der Waals surface area contributed by atoms with E-state index < -0.39 is 10.9 Å². The van der Waals surface area contributed by atoms with Gasteiger partial charge < -0.3 is 4.74 Å². The summed E-state index contributed by atoms with van der Waals surface area (Å²) >= 11 is 5.78. The van der Waals surface area contributed by atoms with Crippen LogP contribution in [0.15, 0.2) is 30.3 Å². The smallest absolute Gasteiger partial charge is 0.345 e. The Morgan fingerprint density at radius 3 is 2.23 bits per heavy atom. The highest BCUT2D eigenvalue weighted by Gasteiger charge is 2.23. The van der Waals surface area contributed by atoms with Crippen LogP contribution in [-0.4, -0.2) is 10.9 Å². The fourth-order valence-electron chi connectivity index (χ4n) is 2.70. The molecule has 0 aliphatic rings. The van der Waals surface area contributed by atoms with Crippen molar-refractivity contribution in [2.45, 2.75) is 46.6 Å². The highest BCUT2D eigenvalue weighted by molar-refractivity contribution is 6.31. The van der Waals surface area contributed by atoms with Crippen LogP contribution in [0.2, 0.25) is 5.02 Å². The van der Waals surface area contributed by atoms with E-state index in [9.17, 15) is 14.9 Å². The number of hydrogen-bond donors (Lipinski definition) is 0. The topological polar surface area (TPSA) is 69.4 Å². The number of aryl methyl sites for hydroxylation is 2. The molecule has 0 bridgehead atoms. The predicted molar refractivity (Wildman–Crippen MR) is 102 cm³/mol. The van der Waals surface area contributed by atoms with Crippen LogP contribution in [0.25, 0.3) is 0 Å². The maximum Gasteiger partial charge on any atom is 0.345 e. The number of nitro groups is 1. The zero-order chi connectivity index (χ0) is 19.6. The molecule has 0 fully saturated rings. The second-order valence-corrected chi connectivity index (χ2v) is 7.77. The standard InChI is InChI=1S/C20H22ClNO4/c1-12-8-14(20(3,4)5)9-13(2)17(12)11-26-19(23)16-7-6-15(21)10-18(16)22(24)25/h6-10H,11H2,1-5H3. The Labute approximate surface area is 158 Å². The van der Waals surface area contributed by atoms with Gasteiger partial charge in [0.25, 0.3) is 5.69 Å². The number of carbonyl (C=O) groups is 1. The lowest BCUT2D eigenvalue weighted by Crippen LogP contribution is -2.14. The number of carbonyl (C=O) groups excluding carboxylic acids is 1. The summed E-state index contributed by atoms with van der Waals surface area (Å²) < 4.78 is 5.35. The third-order valence-corrected chi connectivity index (χ3v) is 4.52. The Hall–Kier alpha value is -2.40. The van der Waals surface area contributed by atoms with Crippen LogP contribution in [-0.2, 0) is 16.8 Å². The maximum atomic E-state index is 12.3. The van der Waals surface area contributed by atoms with Crippen molar-refractivity contribution in [1.29, 1.82) is 0 Å². The quantitative estimate of drug-likeness (QED) is 0.400. The number of halogens is 1. The Morgan fingerprint density at radius 1 is 1.15 bits per heavy atom. The first kappa shape index (κ1) is 19.9. The number of hydrogen-bond acceptors (Lipinski definition) is 4. The van der Waals surface area contributed by atoms with Crippen LogP contribution in [0, 0.1) is 24.0 Å². The molecule has 6 heteroatoms. The lowest BCUT2D eigenvalue weighted by Gasteiger charge is -2.22. The molecule has 0 amide bonds. The van der Waals surface area contributed by atoms with E-state index in [1.54, 1.807) is 0 Å². The average molecular weight is 376 g/mol. The number of rotatable bonds is 4. The first-order valence-electron chi connectivity index (χ1n) is 8.22. The molecule has 0 atom stereocenters. The molecule has 0 aliphatic carbocycles. The van der Waals surface area contributed by atoms with Crippen molar-refractivity contribution in [3.05, 3.63) is 73.3 Å². The van der Waals surface area contributed by atoms with Crippen LogP contribution in [0.5, 0.6) is 0 Å². The van der Waals surface area contributed by atoms with Crippen molar-refractivity contribution in [1.82, 2.24) is 0 Å². The van der Waals surface area contributed by atoms with Crippen molar-refractivity contribution in [3.63, 3.8) is 0 Å². The fraction of sp³-hybridized carbons (Fsp3) is 0.350. The number of esters is 1. The summed E-state index contributed by atoms with van der Waals surface area (Å²) in [6.45, 7) is 10.4. The summed E-state index contributed by atoms with van der Waals surface area (Å²) in [6, 6.07) is 8.06. The molecular formula is C20H22ClNO4. The molecule has 0 aromatic heterocycles. The Balaban J connectivity index is 2.25. The van der Waals surface area contributed by atoms with Gasteiger partial charge in [0.2, 0.25) is 0 Å². The highest BCUT2D eigenvalue weighted by atomic mass is 35.5. The monoisotopic (exact) mass is 375 g/mol. The molecule has 0 saturated carbocycles. The van der Waals surface area contributed by atoms with E-state index in [1.807, 2.05) is 13.8 Å². The van der Waals surface area contributed by atoms with Gasteiger partial charge in [0.15, 0.2) is 0 Å². The fourth-order valence-corrected chi connectivity index (χ4v) is 2.86. The van der Waals surface area contributed by atoms with Gasteiger partial charge in [0.1, 0.15) is 12.2 Å². The van der Waals surface area contributed by atoms with Gasteiger partial charge in [-0.1, -0.05) is 44.5 Å². The first-order valence-corrected chi connectivity index (χ1v) is 8.60. The molecule has 26 heavy (non-hydrogen) atoms. The summed E-state index contributed by atoms with van der Waals surface area (Å²) in [5, 5.41) is 11.3. The van der Waals surface area contributed by atoms with Gasteiger partial charge in [-0.25, -0.2) is 4.79 Å². The van der Waals surface area contributed by atoms with E-state index in [4.69, 9.17) is 16.3 Å². The van der Waals surface area contributed by atoms with E-state index in [0.29, 0.717) is 0 Å². The molecule has 2 aromatic carbocycles. The van der Waals surface area contributed by atoms with Crippen molar-refractivity contribution in [3.8, 4) is 0 Å². The van der Waals surface area contributed by atoms with Crippen LogP contribution in [0.1, 0.15) is 53.4 Å². The zero-order valence-electron chi connectivity index (χ0n) is 15.6. The molecule has 0 radical (unpaired) electrons. The van der Waals surface area contributed by atoms with Crippen molar-refractivity contribution in [2.75, 3.05) is 0 Å². The second-order valence-electron chi connectivity index (χ2n) is 7.33. The van der Waals surface area contributed by atoms with Crippen molar-refractivity contribution in [2.24, 2.45) is 0 Å². The van der Waals surface area contributed by atoms with Crippen LogP contribution in [0.3, 0.4) is 0 Å². The van der Waals surface area contributed by atoms with Gasteiger partial charge in [-0.3, -0.25) is 10.1 Å². The minimum Gasteiger partial charge on any atom is -0.457 e. The molecule has 2 rings (SSSR count). The summed E-state index contributed by atoms with van der Waals surface area (Å²) in [4.78, 5) is 22.8. The molecule has 0 heterocycles. The molecule has 0 aliphatic heterocycles. The van der Waals surface area contributed by atoms with Gasteiger partial charge in [0, 0.05) is 11.1 Å². The van der Waals surface area contributed by atoms with Gasteiger partial charge in [-0.2, -0.15) is 0 Å². The molecule has 5 nitrogen and oxygen atoms in total. The zero-order valence-corrected chi connectivity index (χ0v) is 16.3. The molecular weight excluding hydrogens is 354 g/mol. The average Bonchev–Trinajstić information content (AvgIpc) is 2.52. The SMILES string of the molecule is Cc1cc(C(C)(C)C)cc(C)c1COC(=O)c1ccc(Cl)cc1[N+](=O)[O-]. The van der Waals surface area contributed by atoms with Crippen molar-refractivity contribution < 1.29 is 14.5 Å². The number of nitrogens with zero attached hydrogens (tertiary/aromatic N) is 1. The van der Waals surface area contributed by atoms with E-state index in [0.717, 1.165) is 22.8 Å². The number of ether oxygens (including phenoxy) is 1. The summed E-state index contributed by atoms with van der Waals surface area (Å²) in [5.74, 6) is -0.743. The van der Waals surface area contributed by atoms with Crippen molar-refractivity contribution >= 4 is 23.3 Å². The van der Waals surface area contributed by atoms with E-state index in [1.165, 1.54) is 17.7 Å². The first-order chi connectivity index (χ1) is 12.0. The lowest BCUT2D eigenvalue weighted by molar-refractivity contribution is -0.385. The molecule has 0 spiro atoms. The molecule has 0 unspecified atom stereocenters. The maximum absolute atomic E-state index is 12.3. The van der Waals surface area contributed by atoms with Crippen LogP contribution < -0.4 is 0 Å². The minimum absolute atomic E-state index is 0.0225. The van der Waals surface area contributed by atoms with Crippen LogP contribution >= 0.6 is 11.6 Å². The molecule has 138 valence electrons. The van der Waals surface area contributed by atoms with E-state index in [2.05, 4.69) is 32.9 Å². The Kier molecular flexibility index (Phi) is 5.71. The predicted octanol–water partition coefficient (Wildman–Crippen LogP) is 5.52. The molecule has 0 saturated heterocycles. The van der Waals surface area contributed by atoms with E-state index in [-0.39, 0.29) is 28.3 Å². The molecule has 2 aromatic rings. The third kappa shape index (κ3) is 4.41. The Bertz CT molecular complexity index is 846. The van der Waals surface area contributed by atoms with Gasteiger partial charge in [0.05, 0.1) is 4.92 Å². The Morgan fingerprint density at radius 2 is 1.73 bits per heavy atom. The summed E-state index contributed by atoms with van der Waals surface area (Å²) in [6.07, 6.45) is 0. The largest absolute Gasteiger partial charge is 0.457 e. The van der Waals surface area contributed by atoms with Gasteiger partial charge in [-0.15, -0.1) is 0 Å². The lowest BCUT2D eigenvalue weighted by atomic mass is 9.84. The number of benzene rings is 2. The van der Waals surface area contributed by atoms with Gasteiger partial charge in [-0.05, 0) is 53.6 Å². The summed E-state index contributed by atoms with van der Waals surface area (Å²) in [7, 11) is 0. The normalized spacial score (nSPS) is 11.3. The second kappa shape index (κ2) is 7.46. The highest BCUT2D eigenvalue weighted by Crippen LogP contribution is 2.28. The minimum atomic E-state index is -0.743. The van der Waals surface area contributed by atoms with E-state index >= 15 is 0 Å². The summed E-state index contributed by atoms with van der Waals surface area (Å²) in [5.41, 5.74) is 3.70. The number of nitro benzene ring substituents is 1.